The zero-order valence-electron chi connectivity index (χ0n) is 20.0. The molecule has 4 amide bonds. The average Bonchev–Trinajstić information content (AvgIpc) is 2.90. The molecule has 38 heavy (non-hydrogen) atoms. The molecular weight excluding hydrogens is 572 g/mol. The quantitative estimate of drug-likeness (QED) is 0.204. The first kappa shape index (κ1) is 25.5. The van der Waals surface area contributed by atoms with Crippen molar-refractivity contribution in [3.8, 4) is 11.5 Å². The topological polar surface area (TPSA) is 84.9 Å². The summed E-state index contributed by atoms with van der Waals surface area (Å²) in [6, 6.07) is 22.8. The number of halogens is 2. The van der Waals surface area contributed by atoms with Crippen LogP contribution in [0.1, 0.15) is 11.1 Å². The van der Waals surface area contributed by atoms with E-state index in [1.807, 2.05) is 42.5 Å². The number of amides is 4. The van der Waals surface area contributed by atoms with Gasteiger partial charge in [-0.2, -0.15) is 0 Å². The molecule has 1 heterocycles. The molecule has 4 aromatic carbocycles. The molecule has 0 aliphatic carbocycles. The third kappa shape index (κ3) is 5.01. The van der Waals surface area contributed by atoms with Gasteiger partial charge in [0, 0.05) is 5.02 Å². The van der Waals surface area contributed by atoms with Gasteiger partial charge in [0.25, 0.3) is 11.8 Å². The smallest absolute Gasteiger partial charge is 0.335 e. The summed E-state index contributed by atoms with van der Waals surface area (Å²) in [5.41, 5.74) is 1.53. The Labute approximate surface area is 231 Å². The summed E-state index contributed by atoms with van der Waals surface area (Å²) in [5, 5.41) is 4.75. The Morgan fingerprint density at radius 2 is 1.74 bits per heavy atom. The minimum atomic E-state index is -0.852. The second kappa shape index (κ2) is 10.7. The number of methoxy groups -OCH3 is 1. The Balaban J connectivity index is 1.45. The number of barbiturate groups is 1. The van der Waals surface area contributed by atoms with E-state index in [2.05, 4.69) is 21.2 Å². The number of nitrogens with zero attached hydrogens (tertiary/aromatic N) is 1. The Morgan fingerprint density at radius 3 is 2.53 bits per heavy atom. The number of ether oxygens (including phenoxy) is 2. The van der Waals surface area contributed by atoms with Gasteiger partial charge in [-0.05, 0) is 74.2 Å². The summed E-state index contributed by atoms with van der Waals surface area (Å²) in [6.45, 7) is 0.300. The first-order valence-electron chi connectivity index (χ1n) is 11.5. The van der Waals surface area contributed by atoms with E-state index >= 15 is 0 Å². The standard InChI is InChI=1S/C29H20BrClN2O5/c1-37-25-14-17(12-23-27(34)32-29(36)33(28(23)35)21-10-5-9-20(31)15-21)13-24(30)26(25)38-16-19-8-4-7-18-6-2-3-11-22(18)19/h2-15H,16H2,1H3,(H,32,34,36)/b23-12+. The molecule has 1 fully saturated rings. The highest BCUT2D eigenvalue weighted by molar-refractivity contribution is 9.10. The van der Waals surface area contributed by atoms with Crippen molar-refractivity contribution >= 4 is 67.9 Å². The fourth-order valence-electron chi connectivity index (χ4n) is 4.21. The Kier molecular flexibility index (Phi) is 7.18. The molecule has 0 radical (unpaired) electrons. The zero-order chi connectivity index (χ0) is 26.8. The Hall–Kier alpha value is -4.14. The Bertz CT molecular complexity index is 1630. The molecule has 7 nitrogen and oxygen atoms in total. The molecule has 190 valence electrons. The average molecular weight is 592 g/mol. The van der Waals surface area contributed by atoms with Crippen molar-refractivity contribution in [3.05, 3.63) is 105 Å². The van der Waals surface area contributed by atoms with E-state index in [9.17, 15) is 14.4 Å². The van der Waals surface area contributed by atoms with Crippen LogP contribution in [0.2, 0.25) is 5.02 Å². The maximum absolute atomic E-state index is 13.2. The minimum absolute atomic E-state index is 0.219. The van der Waals surface area contributed by atoms with Crippen LogP contribution in [0.3, 0.4) is 0 Å². The van der Waals surface area contributed by atoms with Crippen molar-refractivity contribution in [3.63, 3.8) is 0 Å². The van der Waals surface area contributed by atoms with Crippen LogP contribution in [-0.2, 0) is 16.2 Å². The van der Waals surface area contributed by atoms with Crippen LogP contribution in [0.5, 0.6) is 11.5 Å². The van der Waals surface area contributed by atoms with Gasteiger partial charge >= 0.3 is 6.03 Å². The number of fused-ring (bicyclic) bond motifs is 1. The maximum Gasteiger partial charge on any atom is 0.335 e. The molecule has 0 bridgehead atoms. The molecule has 1 N–H and O–H groups in total. The van der Waals surface area contributed by atoms with Gasteiger partial charge in [-0.15, -0.1) is 0 Å². The molecular formula is C29H20BrClN2O5. The molecule has 0 aromatic heterocycles. The van der Waals surface area contributed by atoms with E-state index in [-0.39, 0.29) is 11.3 Å². The van der Waals surface area contributed by atoms with E-state index in [0.29, 0.717) is 33.2 Å². The van der Waals surface area contributed by atoms with Gasteiger partial charge in [0.15, 0.2) is 11.5 Å². The lowest BCUT2D eigenvalue weighted by Crippen LogP contribution is -2.54. The van der Waals surface area contributed by atoms with Crippen molar-refractivity contribution in [1.29, 1.82) is 0 Å². The van der Waals surface area contributed by atoms with Gasteiger partial charge in [-0.1, -0.05) is 60.1 Å². The fourth-order valence-corrected chi connectivity index (χ4v) is 4.96. The molecule has 1 aliphatic heterocycles. The van der Waals surface area contributed by atoms with Crippen LogP contribution in [0, 0.1) is 0 Å². The summed E-state index contributed by atoms with van der Waals surface area (Å²) in [5.74, 6) is -0.701. The second-order valence-electron chi connectivity index (χ2n) is 8.40. The van der Waals surface area contributed by atoms with Crippen molar-refractivity contribution < 1.29 is 23.9 Å². The van der Waals surface area contributed by atoms with Gasteiger partial charge in [-0.25, -0.2) is 9.69 Å². The second-order valence-corrected chi connectivity index (χ2v) is 9.69. The first-order valence-corrected chi connectivity index (χ1v) is 12.7. The van der Waals surface area contributed by atoms with Crippen LogP contribution in [0.4, 0.5) is 10.5 Å². The van der Waals surface area contributed by atoms with Gasteiger partial charge < -0.3 is 9.47 Å². The zero-order valence-corrected chi connectivity index (χ0v) is 22.4. The van der Waals surface area contributed by atoms with E-state index in [1.165, 1.54) is 19.3 Å². The summed E-state index contributed by atoms with van der Waals surface area (Å²) >= 11 is 9.56. The number of carbonyl (C=O) groups is 3. The monoisotopic (exact) mass is 590 g/mol. The normalized spacial score (nSPS) is 14.7. The third-order valence-electron chi connectivity index (χ3n) is 5.98. The van der Waals surface area contributed by atoms with Crippen molar-refractivity contribution in [1.82, 2.24) is 5.32 Å². The molecule has 1 saturated heterocycles. The van der Waals surface area contributed by atoms with Gasteiger partial charge in [0.2, 0.25) is 0 Å². The highest BCUT2D eigenvalue weighted by atomic mass is 79.9. The number of nitrogens with one attached hydrogen (secondary N) is 1. The van der Waals surface area contributed by atoms with Crippen LogP contribution < -0.4 is 19.7 Å². The summed E-state index contributed by atoms with van der Waals surface area (Å²) in [4.78, 5) is 39.1. The largest absolute Gasteiger partial charge is 0.493 e. The molecule has 0 saturated carbocycles. The van der Waals surface area contributed by atoms with E-state index < -0.39 is 17.8 Å². The highest BCUT2D eigenvalue weighted by Gasteiger charge is 2.37. The number of benzene rings is 4. The number of hydrogen-bond donors (Lipinski definition) is 1. The first-order chi connectivity index (χ1) is 18.4. The predicted octanol–water partition coefficient (Wildman–Crippen LogP) is 6.51. The van der Waals surface area contributed by atoms with Crippen LogP contribution in [0.25, 0.3) is 16.8 Å². The summed E-state index contributed by atoms with van der Waals surface area (Å²) < 4.78 is 12.3. The number of urea groups is 1. The number of carbonyl (C=O) groups excluding carboxylic acids is 3. The molecule has 5 rings (SSSR count). The summed E-state index contributed by atoms with van der Waals surface area (Å²) in [6.07, 6.45) is 1.39. The van der Waals surface area contributed by atoms with E-state index in [0.717, 1.165) is 21.2 Å². The molecule has 9 heteroatoms. The molecule has 4 aromatic rings. The lowest BCUT2D eigenvalue weighted by Gasteiger charge is -2.26. The van der Waals surface area contributed by atoms with Crippen molar-refractivity contribution in [2.45, 2.75) is 6.61 Å². The van der Waals surface area contributed by atoms with Crippen LogP contribution in [-0.4, -0.2) is 25.0 Å². The molecule has 1 aliphatic rings. The third-order valence-corrected chi connectivity index (χ3v) is 6.81. The van der Waals surface area contributed by atoms with Crippen LogP contribution >= 0.6 is 27.5 Å². The van der Waals surface area contributed by atoms with Crippen molar-refractivity contribution in [2.75, 3.05) is 12.0 Å². The molecule has 0 spiro atoms. The maximum atomic E-state index is 13.2. The molecule has 0 atom stereocenters. The lowest BCUT2D eigenvalue weighted by atomic mass is 10.1. The van der Waals surface area contributed by atoms with Crippen LogP contribution in [0.15, 0.2) is 88.9 Å². The minimum Gasteiger partial charge on any atom is -0.493 e. The molecule has 0 unspecified atom stereocenters. The Morgan fingerprint density at radius 1 is 0.974 bits per heavy atom. The lowest BCUT2D eigenvalue weighted by molar-refractivity contribution is -0.122. The van der Waals surface area contributed by atoms with Crippen molar-refractivity contribution in [2.24, 2.45) is 0 Å². The van der Waals surface area contributed by atoms with Gasteiger partial charge in [0.05, 0.1) is 17.3 Å². The van der Waals surface area contributed by atoms with E-state index in [4.69, 9.17) is 21.1 Å². The summed E-state index contributed by atoms with van der Waals surface area (Å²) in [7, 11) is 1.50. The van der Waals surface area contributed by atoms with E-state index in [1.54, 1.807) is 30.3 Å². The predicted molar refractivity (Wildman–Crippen MR) is 149 cm³/mol. The SMILES string of the molecule is COc1cc(/C=C2\C(=O)NC(=O)N(c3cccc(Cl)c3)C2=O)cc(Br)c1OCc1cccc2ccccc12. The number of imide groups is 2. The highest BCUT2D eigenvalue weighted by Crippen LogP contribution is 2.38. The fraction of sp³-hybridized carbons (Fsp3) is 0.0690. The number of rotatable bonds is 6. The van der Waals surface area contributed by atoms with Gasteiger partial charge in [0.1, 0.15) is 12.2 Å². The number of hydrogen-bond acceptors (Lipinski definition) is 5. The number of anilines is 1. The van der Waals surface area contributed by atoms with Gasteiger partial charge in [-0.3, -0.25) is 14.9 Å².